The number of morpholine rings is 1. The zero-order valence-corrected chi connectivity index (χ0v) is 18.4. The molecule has 1 fully saturated rings. The molecule has 1 atom stereocenters. The van der Waals surface area contributed by atoms with Crippen molar-refractivity contribution in [3.63, 3.8) is 0 Å². The van der Waals surface area contributed by atoms with Gasteiger partial charge in [0.05, 0.1) is 25.0 Å². The highest BCUT2D eigenvalue weighted by Crippen LogP contribution is 2.40. The summed E-state index contributed by atoms with van der Waals surface area (Å²) in [6.45, 7) is 2.84. The van der Waals surface area contributed by atoms with Gasteiger partial charge >= 0.3 is 0 Å². The Morgan fingerprint density at radius 2 is 1.94 bits per heavy atom. The maximum atomic E-state index is 14.7. The van der Waals surface area contributed by atoms with Crippen molar-refractivity contribution in [2.45, 2.75) is 6.04 Å². The number of nitrogens with one attached hydrogen (secondary N) is 1. The zero-order chi connectivity index (χ0) is 23.7. The van der Waals surface area contributed by atoms with Crippen LogP contribution in [0, 0.1) is 17.5 Å². The van der Waals surface area contributed by atoms with Crippen molar-refractivity contribution in [2.75, 3.05) is 32.8 Å². The lowest BCUT2D eigenvalue weighted by molar-refractivity contribution is 0.0419. The molecule has 1 N–H and O–H groups in total. The first-order chi connectivity index (χ1) is 16.5. The van der Waals surface area contributed by atoms with E-state index in [-0.39, 0.29) is 22.4 Å². The smallest absolute Gasteiger partial charge is 0.247 e. The molecule has 12 heteroatoms. The van der Waals surface area contributed by atoms with Gasteiger partial charge in [-0.2, -0.15) is 0 Å². The lowest BCUT2D eigenvalue weighted by Gasteiger charge is -2.32. The molecule has 176 valence electrons. The van der Waals surface area contributed by atoms with E-state index in [0.717, 1.165) is 18.3 Å². The molecule has 4 heterocycles. The van der Waals surface area contributed by atoms with Crippen molar-refractivity contribution in [3.8, 4) is 0 Å². The van der Waals surface area contributed by atoms with Crippen molar-refractivity contribution in [3.05, 3.63) is 82.2 Å². The molecule has 1 saturated heterocycles. The van der Waals surface area contributed by atoms with Gasteiger partial charge in [-0.3, -0.25) is 9.89 Å². The van der Waals surface area contributed by atoms with E-state index in [2.05, 4.69) is 30.4 Å². The first kappa shape index (κ1) is 22.5. The van der Waals surface area contributed by atoms with Gasteiger partial charge in [-0.15, -0.1) is 10.2 Å². The van der Waals surface area contributed by atoms with Gasteiger partial charge in [0, 0.05) is 42.0 Å². The van der Waals surface area contributed by atoms with E-state index < -0.39 is 23.5 Å². The molecule has 1 aromatic carbocycles. The molecular weight excluding hydrogens is 473 g/mol. The predicted molar refractivity (Wildman–Crippen MR) is 116 cm³/mol. The first-order valence-electron chi connectivity index (χ1n) is 10.4. The predicted octanol–water partition coefficient (Wildman–Crippen LogP) is 3.37. The van der Waals surface area contributed by atoms with Crippen LogP contribution in [0.15, 0.2) is 52.0 Å². The Labute approximate surface area is 197 Å². The second-order valence-corrected chi connectivity index (χ2v) is 8.09. The summed E-state index contributed by atoms with van der Waals surface area (Å²) in [4.78, 5) is 10.6. The van der Waals surface area contributed by atoms with Crippen LogP contribution >= 0.6 is 11.6 Å². The molecule has 0 amide bonds. The summed E-state index contributed by atoms with van der Waals surface area (Å²) < 4.78 is 52.9. The fourth-order valence-electron chi connectivity index (χ4n) is 3.90. The van der Waals surface area contributed by atoms with Crippen LogP contribution < -0.4 is 5.32 Å². The summed E-state index contributed by atoms with van der Waals surface area (Å²) in [5.41, 5.74) is 1.36. The monoisotopic (exact) mass is 490 g/mol. The minimum Gasteiger partial charge on any atom is -0.424 e. The lowest BCUT2D eigenvalue weighted by Crippen LogP contribution is -2.42. The summed E-state index contributed by atoms with van der Waals surface area (Å²) in [6, 6.07) is 3.78. The molecule has 2 aliphatic heterocycles. The van der Waals surface area contributed by atoms with Crippen molar-refractivity contribution in [1.82, 2.24) is 25.4 Å². The topological polar surface area (TPSA) is 88.7 Å². The SMILES string of the molecule is Fc1cnc(C2=NC(c3ccc(F)cc3Cl)C(c3nnco3)=C(CN3CCOCC3)N2)c(F)c1. The summed E-state index contributed by atoms with van der Waals surface area (Å²) in [7, 11) is 0. The van der Waals surface area contributed by atoms with Crippen LogP contribution in [0.4, 0.5) is 13.2 Å². The number of nitrogens with zero attached hydrogens (tertiary/aromatic N) is 5. The number of hydrogen-bond acceptors (Lipinski definition) is 8. The van der Waals surface area contributed by atoms with Crippen LogP contribution in [0.2, 0.25) is 5.02 Å². The van der Waals surface area contributed by atoms with E-state index >= 15 is 0 Å². The van der Waals surface area contributed by atoms with Gasteiger partial charge < -0.3 is 14.5 Å². The largest absolute Gasteiger partial charge is 0.424 e. The summed E-state index contributed by atoms with van der Waals surface area (Å²) in [6.07, 6.45) is 2.08. The molecule has 0 aliphatic carbocycles. The van der Waals surface area contributed by atoms with Crippen molar-refractivity contribution in [1.29, 1.82) is 0 Å². The average Bonchev–Trinajstić information content (AvgIpc) is 3.34. The Kier molecular flexibility index (Phi) is 6.31. The zero-order valence-electron chi connectivity index (χ0n) is 17.6. The van der Waals surface area contributed by atoms with Crippen LogP contribution in [0.25, 0.3) is 5.57 Å². The first-order valence-corrected chi connectivity index (χ1v) is 10.8. The molecule has 0 saturated carbocycles. The van der Waals surface area contributed by atoms with Crippen molar-refractivity contribution < 1.29 is 22.3 Å². The number of ether oxygens (including phenoxy) is 1. The second kappa shape index (κ2) is 9.53. The normalized spacial score (nSPS) is 19.2. The Morgan fingerprint density at radius 3 is 2.65 bits per heavy atom. The molecule has 3 aromatic rings. The molecule has 34 heavy (non-hydrogen) atoms. The molecule has 5 rings (SSSR count). The minimum atomic E-state index is -0.887. The van der Waals surface area contributed by atoms with Gasteiger partial charge in [0.25, 0.3) is 0 Å². The molecule has 8 nitrogen and oxygen atoms in total. The summed E-state index contributed by atoms with van der Waals surface area (Å²) in [5.74, 6) is -1.98. The Morgan fingerprint density at radius 1 is 1.12 bits per heavy atom. The van der Waals surface area contributed by atoms with E-state index in [0.29, 0.717) is 49.7 Å². The quantitative estimate of drug-likeness (QED) is 0.586. The van der Waals surface area contributed by atoms with Gasteiger partial charge in [0.1, 0.15) is 23.4 Å². The van der Waals surface area contributed by atoms with E-state index in [9.17, 15) is 13.2 Å². The minimum absolute atomic E-state index is 0.0643. The number of hydrogen-bond donors (Lipinski definition) is 1. The third kappa shape index (κ3) is 4.54. The van der Waals surface area contributed by atoms with Crippen LogP contribution in [0.1, 0.15) is 23.2 Å². The van der Waals surface area contributed by atoms with Gasteiger partial charge in [0.15, 0.2) is 11.7 Å². The fourth-order valence-corrected chi connectivity index (χ4v) is 4.17. The highest BCUT2D eigenvalue weighted by atomic mass is 35.5. The number of amidine groups is 1. The Hall–Kier alpha value is -3.28. The number of aliphatic imine (C=N–C) groups is 1. The molecule has 2 aromatic heterocycles. The Bertz CT molecular complexity index is 1260. The second-order valence-electron chi connectivity index (χ2n) is 7.68. The van der Waals surface area contributed by atoms with Crippen molar-refractivity contribution in [2.24, 2.45) is 4.99 Å². The summed E-state index contributed by atoms with van der Waals surface area (Å²) in [5, 5.41) is 11.1. The number of rotatable bonds is 5. The van der Waals surface area contributed by atoms with Gasteiger partial charge in [-0.1, -0.05) is 17.7 Å². The fraction of sp³-hybridized carbons (Fsp3) is 0.273. The molecule has 1 unspecified atom stereocenters. The molecule has 0 radical (unpaired) electrons. The highest BCUT2D eigenvalue weighted by molar-refractivity contribution is 6.31. The van der Waals surface area contributed by atoms with E-state index in [1.807, 2.05) is 0 Å². The van der Waals surface area contributed by atoms with Crippen LogP contribution in [-0.4, -0.2) is 58.8 Å². The van der Waals surface area contributed by atoms with Crippen LogP contribution in [0.5, 0.6) is 0 Å². The van der Waals surface area contributed by atoms with E-state index in [1.54, 1.807) is 0 Å². The van der Waals surface area contributed by atoms with E-state index in [1.165, 1.54) is 18.5 Å². The molecule has 2 aliphatic rings. The third-order valence-corrected chi connectivity index (χ3v) is 5.82. The molecular formula is C22H18ClF3N6O2. The maximum Gasteiger partial charge on any atom is 0.247 e. The molecule has 0 bridgehead atoms. The van der Waals surface area contributed by atoms with Crippen molar-refractivity contribution >= 4 is 23.0 Å². The Balaban J connectivity index is 1.67. The van der Waals surface area contributed by atoms with Crippen LogP contribution in [-0.2, 0) is 4.74 Å². The third-order valence-electron chi connectivity index (χ3n) is 5.49. The van der Waals surface area contributed by atoms with Gasteiger partial charge in [-0.25, -0.2) is 18.2 Å². The number of benzene rings is 1. The number of halogens is 4. The standard InChI is InChI=1S/C22H18ClF3N6O2/c23-15-7-12(24)1-2-14(15)19-18(22-31-28-11-34-22)17(10-32-3-5-33-6-4-32)29-21(30-19)20-16(26)8-13(25)9-27-20/h1-2,7-9,11,19H,3-6,10H2,(H,29,30). The van der Waals surface area contributed by atoms with E-state index in [4.69, 9.17) is 20.8 Å². The lowest BCUT2D eigenvalue weighted by atomic mass is 9.94. The van der Waals surface area contributed by atoms with Gasteiger partial charge in [-0.05, 0) is 12.1 Å². The maximum absolute atomic E-state index is 14.7. The highest BCUT2D eigenvalue weighted by Gasteiger charge is 2.34. The molecule has 0 spiro atoms. The number of aromatic nitrogens is 3. The van der Waals surface area contributed by atoms with Crippen LogP contribution in [0.3, 0.4) is 0 Å². The van der Waals surface area contributed by atoms with Gasteiger partial charge in [0.2, 0.25) is 12.3 Å². The summed E-state index contributed by atoms with van der Waals surface area (Å²) >= 11 is 6.39. The average molecular weight is 491 g/mol. The number of pyridine rings is 1.